The molecule has 0 aromatic carbocycles. The summed E-state index contributed by atoms with van der Waals surface area (Å²) in [6, 6.07) is 2.13. The lowest BCUT2D eigenvalue weighted by molar-refractivity contribution is -0.122. The minimum absolute atomic E-state index is 0.0162. The fourth-order valence-electron chi connectivity index (χ4n) is 5.14. The molecule has 176 valence electrons. The van der Waals surface area contributed by atoms with Gasteiger partial charge in [0.25, 0.3) is 5.91 Å². The average Bonchev–Trinajstić information content (AvgIpc) is 3.59. The molecule has 2 aromatic heterocycles. The van der Waals surface area contributed by atoms with Gasteiger partial charge in [0, 0.05) is 50.1 Å². The van der Waals surface area contributed by atoms with Crippen LogP contribution in [0.4, 0.5) is 0 Å². The second-order valence-corrected chi connectivity index (χ2v) is 10.2. The number of allylic oxidation sites excluding steroid dienone is 4. The van der Waals surface area contributed by atoms with E-state index >= 15 is 0 Å². The molecule has 1 unspecified atom stereocenters. The van der Waals surface area contributed by atoms with Crippen LogP contribution in [0.2, 0.25) is 0 Å². The van der Waals surface area contributed by atoms with Crippen LogP contribution in [0.3, 0.4) is 0 Å². The third-order valence-corrected chi connectivity index (χ3v) is 7.42. The van der Waals surface area contributed by atoms with Crippen molar-refractivity contribution < 1.29 is 4.79 Å². The Bertz CT molecular complexity index is 1270. The van der Waals surface area contributed by atoms with E-state index in [1.54, 1.807) is 11.0 Å². The first-order valence-corrected chi connectivity index (χ1v) is 12.4. The summed E-state index contributed by atoms with van der Waals surface area (Å²) in [5, 5.41) is 4.90. The van der Waals surface area contributed by atoms with Gasteiger partial charge in [-0.1, -0.05) is 13.0 Å². The van der Waals surface area contributed by atoms with Crippen molar-refractivity contribution in [3.63, 3.8) is 0 Å². The second-order valence-electron chi connectivity index (χ2n) is 10.2. The predicted molar refractivity (Wildman–Crippen MR) is 133 cm³/mol. The Morgan fingerprint density at radius 1 is 1.06 bits per heavy atom. The Labute approximate surface area is 200 Å². The van der Waals surface area contributed by atoms with Crippen molar-refractivity contribution >= 4 is 17.0 Å². The number of amides is 1. The zero-order valence-corrected chi connectivity index (χ0v) is 20.2. The molecule has 2 fully saturated rings. The van der Waals surface area contributed by atoms with Crippen LogP contribution in [0.1, 0.15) is 49.2 Å². The van der Waals surface area contributed by atoms with Crippen LogP contribution in [0.5, 0.6) is 0 Å². The molecule has 5 heterocycles. The molecule has 1 amide bonds. The maximum Gasteiger partial charge on any atom is 0.255 e. The highest BCUT2D eigenvalue weighted by molar-refractivity contribution is 5.98. The molecule has 0 spiro atoms. The number of aryl methyl sites for hydroxylation is 1. The first kappa shape index (κ1) is 21.4. The summed E-state index contributed by atoms with van der Waals surface area (Å²) >= 11 is 0. The van der Waals surface area contributed by atoms with Crippen LogP contribution in [0.25, 0.3) is 11.1 Å². The Balaban J connectivity index is 1.34. The molecule has 2 aromatic rings. The van der Waals surface area contributed by atoms with Gasteiger partial charge >= 0.3 is 0 Å². The lowest BCUT2D eigenvalue weighted by Crippen LogP contribution is -2.44. The molecule has 4 aliphatic rings. The molecule has 0 radical (unpaired) electrons. The SMILES string of the molecule is Cc1cn2nc(C3=CC(=O)N4C=C(N5CCN(C)CC5)C=CC4=CCC3C)cc2c(C2CC2)n1. The molecule has 7 nitrogen and oxygen atoms in total. The van der Waals surface area contributed by atoms with Crippen LogP contribution in [0.15, 0.2) is 54.2 Å². The lowest BCUT2D eigenvalue weighted by atomic mass is 9.92. The summed E-state index contributed by atoms with van der Waals surface area (Å²) in [7, 11) is 2.16. The number of aromatic nitrogens is 3. The molecular weight excluding hydrogens is 424 g/mol. The minimum atomic E-state index is -0.0162. The first-order chi connectivity index (χ1) is 16.5. The Morgan fingerprint density at radius 2 is 1.82 bits per heavy atom. The lowest BCUT2D eigenvalue weighted by Gasteiger charge is -2.37. The van der Waals surface area contributed by atoms with Crippen molar-refractivity contribution in [3.8, 4) is 0 Å². The smallest absolute Gasteiger partial charge is 0.255 e. The van der Waals surface area contributed by atoms with E-state index in [0.717, 1.165) is 72.2 Å². The predicted octanol–water partition coefficient (Wildman–Crippen LogP) is 3.71. The van der Waals surface area contributed by atoms with Crippen LogP contribution in [-0.4, -0.2) is 68.4 Å². The van der Waals surface area contributed by atoms with Gasteiger partial charge in [-0.05, 0) is 62.9 Å². The van der Waals surface area contributed by atoms with Crippen LogP contribution >= 0.6 is 0 Å². The zero-order chi connectivity index (χ0) is 23.4. The number of nitrogens with zero attached hydrogens (tertiary/aromatic N) is 6. The van der Waals surface area contributed by atoms with Crippen LogP contribution in [0, 0.1) is 12.8 Å². The number of carbonyl (C=O) groups excluding carboxylic acids is 1. The molecule has 3 aliphatic heterocycles. The third kappa shape index (κ3) is 3.88. The fraction of sp³-hybridized carbons (Fsp3) is 0.444. The molecule has 1 atom stereocenters. The van der Waals surface area contributed by atoms with Crippen molar-refractivity contribution in [2.45, 2.75) is 39.0 Å². The van der Waals surface area contributed by atoms with E-state index in [1.807, 2.05) is 23.8 Å². The Hall–Kier alpha value is -3.19. The topological polar surface area (TPSA) is 57.0 Å². The van der Waals surface area contributed by atoms with Gasteiger partial charge in [0.2, 0.25) is 0 Å². The van der Waals surface area contributed by atoms with Crippen molar-refractivity contribution in [2.24, 2.45) is 5.92 Å². The summed E-state index contributed by atoms with van der Waals surface area (Å²) in [5.41, 5.74) is 7.12. The molecule has 0 N–H and O–H groups in total. The van der Waals surface area contributed by atoms with Crippen molar-refractivity contribution in [2.75, 3.05) is 33.2 Å². The number of hydrogen-bond acceptors (Lipinski definition) is 5. The highest BCUT2D eigenvalue weighted by atomic mass is 16.2. The zero-order valence-electron chi connectivity index (χ0n) is 20.2. The molecule has 7 heteroatoms. The van der Waals surface area contributed by atoms with E-state index in [9.17, 15) is 4.79 Å². The van der Waals surface area contributed by atoms with Gasteiger partial charge in [-0.3, -0.25) is 14.7 Å². The quantitative estimate of drug-likeness (QED) is 0.705. The van der Waals surface area contributed by atoms with Gasteiger partial charge in [0.05, 0.1) is 34.5 Å². The highest BCUT2D eigenvalue weighted by Crippen LogP contribution is 2.41. The highest BCUT2D eigenvalue weighted by Gasteiger charge is 2.30. The second kappa shape index (κ2) is 8.24. The molecule has 1 aliphatic carbocycles. The van der Waals surface area contributed by atoms with Crippen molar-refractivity contribution in [3.05, 3.63) is 71.2 Å². The van der Waals surface area contributed by atoms with E-state index in [1.165, 1.54) is 12.8 Å². The van der Waals surface area contributed by atoms with E-state index in [4.69, 9.17) is 10.1 Å². The average molecular weight is 457 g/mol. The molecule has 0 bridgehead atoms. The monoisotopic (exact) mass is 456 g/mol. The summed E-state index contributed by atoms with van der Waals surface area (Å²) in [4.78, 5) is 24.8. The maximum atomic E-state index is 13.5. The normalized spacial score (nSPS) is 23.9. The summed E-state index contributed by atoms with van der Waals surface area (Å²) < 4.78 is 1.96. The molecule has 1 saturated heterocycles. The van der Waals surface area contributed by atoms with E-state index in [-0.39, 0.29) is 11.8 Å². The van der Waals surface area contributed by atoms with Gasteiger partial charge < -0.3 is 9.80 Å². The molecular formula is C27H32N6O. The van der Waals surface area contributed by atoms with Crippen molar-refractivity contribution in [1.82, 2.24) is 29.3 Å². The maximum absolute atomic E-state index is 13.5. The van der Waals surface area contributed by atoms with E-state index in [2.05, 4.69) is 48.1 Å². The first-order valence-electron chi connectivity index (χ1n) is 12.4. The van der Waals surface area contributed by atoms with Crippen molar-refractivity contribution in [1.29, 1.82) is 0 Å². The Kier molecular flexibility index (Phi) is 5.17. The van der Waals surface area contributed by atoms with E-state index < -0.39 is 0 Å². The third-order valence-electron chi connectivity index (χ3n) is 7.42. The van der Waals surface area contributed by atoms with Gasteiger partial charge in [0.1, 0.15) is 0 Å². The number of piperazine rings is 1. The van der Waals surface area contributed by atoms with Gasteiger partial charge in [-0.15, -0.1) is 0 Å². The van der Waals surface area contributed by atoms with Gasteiger partial charge in [-0.25, -0.2) is 4.52 Å². The fourth-order valence-corrected chi connectivity index (χ4v) is 5.14. The standard InChI is InChI=1S/C27H32N6O/c1-18-4-7-21-8-9-22(31-12-10-30(3)11-13-31)17-32(21)26(34)14-23(18)24-15-25-27(20-5-6-20)28-19(2)16-33(25)29-24/h7-9,14-18,20H,4-6,10-13H2,1-3H3. The Morgan fingerprint density at radius 3 is 2.59 bits per heavy atom. The molecule has 1 saturated carbocycles. The molecule has 6 rings (SSSR count). The van der Waals surface area contributed by atoms with E-state index in [0.29, 0.717) is 5.92 Å². The number of rotatable bonds is 3. The summed E-state index contributed by atoms with van der Waals surface area (Å²) in [5.74, 6) is 0.719. The minimum Gasteiger partial charge on any atom is -0.368 e. The largest absolute Gasteiger partial charge is 0.368 e. The van der Waals surface area contributed by atoms with Crippen LogP contribution < -0.4 is 0 Å². The number of hydrogen-bond donors (Lipinski definition) is 0. The van der Waals surface area contributed by atoms with Crippen LogP contribution in [-0.2, 0) is 4.79 Å². The number of fused-ring (bicyclic) bond motifs is 2. The molecule has 34 heavy (non-hydrogen) atoms. The van der Waals surface area contributed by atoms with Gasteiger partial charge in [-0.2, -0.15) is 5.10 Å². The number of carbonyl (C=O) groups is 1. The summed E-state index contributed by atoms with van der Waals surface area (Å²) in [6.45, 7) is 8.23. The summed E-state index contributed by atoms with van der Waals surface area (Å²) in [6.07, 6.45) is 15.4. The van der Waals surface area contributed by atoms with Gasteiger partial charge in [0.15, 0.2) is 0 Å². The number of likely N-dealkylation sites (N-methyl/N-ethyl adjacent to an activating group) is 1.